The standard InChI is InChI=1S/C14H21N3O5/c1-14(2,3)22-13(18)16-8-7-15-11-9-10(17(19)20)5-6-12(11)21-4/h5-6,9,15H,7-8H2,1-4H3,(H,16,18). The van der Waals surface area contributed by atoms with Crippen molar-refractivity contribution in [3.63, 3.8) is 0 Å². The summed E-state index contributed by atoms with van der Waals surface area (Å²) >= 11 is 0. The van der Waals surface area contributed by atoms with Crippen LogP contribution in [0.3, 0.4) is 0 Å². The van der Waals surface area contributed by atoms with Crippen LogP contribution >= 0.6 is 0 Å². The molecule has 1 rings (SSSR count). The van der Waals surface area contributed by atoms with Crippen LogP contribution in [0.15, 0.2) is 18.2 Å². The number of methoxy groups -OCH3 is 1. The fraction of sp³-hybridized carbons (Fsp3) is 0.500. The Hall–Kier alpha value is -2.51. The second kappa shape index (κ2) is 7.48. The van der Waals surface area contributed by atoms with Crippen LogP contribution in [0.2, 0.25) is 0 Å². The van der Waals surface area contributed by atoms with Crippen molar-refractivity contribution in [2.24, 2.45) is 0 Å². The number of anilines is 1. The van der Waals surface area contributed by atoms with Gasteiger partial charge in [0, 0.05) is 25.2 Å². The molecule has 0 fully saturated rings. The van der Waals surface area contributed by atoms with E-state index in [1.807, 2.05) is 0 Å². The zero-order valence-corrected chi connectivity index (χ0v) is 13.1. The van der Waals surface area contributed by atoms with Gasteiger partial charge >= 0.3 is 6.09 Å². The quantitative estimate of drug-likeness (QED) is 0.475. The largest absolute Gasteiger partial charge is 0.495 e. The maximum absolute atomic E-state index is 11.5. The molecule has 8 nitrogen and oxygen atoms in total. The average molecular weight is 311 g/mol. The topological polar surface area (TPSA) is 103 Å². The molecule has 1 aromatic rings. The van der Waals surface area contributed by atoms with Gasteiger partial charge in [-0.25, -0.2) is 4.79 Å². The van der Waals surface area contributed by atoms with Crippen molar-refractivity contribution in [2.75, 3.05) is 25.5 Å². The molecule has 0 aromatic heterocycles. The van der Waals surface area contributed by atoms with Crippen LogP contribution in [0, 0.1) is 10.1 Å². The molecule has 22 heavy (non-hydrogen) atoms. The van der Waals surface area contributed by atoms with Crippen molar-refractivity contribution in [2.45, 2.75) is 26.4 Å². The van der Waals surface area contributed by atoms with E-state index >= 15 is 0 Å². The predicted molar refractivity (Wildman–Crippen MR) is 82.4 cm³/mol. The first-order valence-electron chi connectivity index (χ1n) is 6.76. The van der Waals surface area contributed by atoms with Gasteiger partial charge in [-0.1, -0.05) is 0 Å². The molecule has 122 valence electrons. The zero-order chi connectivity index (χ0) is 16.8. The van der Waals surface area contributed by atoms with E-state index in [4.69, 9.17) is 9.47 Å². The number of hydrogen-bond acceptors (Lipinski definition) is 6. The van der Waals surface area contributed by atoms with Crippen LogP contribution in [-0.2, 0) is 4.74 Å². The highest BCUT2D eigenvalue weighted by Crippen LogP contribution is 2.28. The lowest BCUT2D eigenvalue weighted by molar-refractivity contribution is -0.384. The number of carbonyl (C=O) groups is 1. The van der Waals surface area contributed by atoms with E-state index in [-0.39, 0.29) is 5.69 Å². The summed E-state index contributed by atoms with van der Waals surface area (Å²) in [6, 6.07) is 4.26. The smallest absolute Gasteiger partial charge is 0.407 e. The van der Waals surface area contributed by atoms with Crippen LogP contribution in [0.1, 0.15) is 20.8 Å². The van der Waals surface area contributed by atoms with Crippen LogP contribution in [0.4, 0.5) is 16.2 Å². The normalized spacial score (nSPS) is 10.7. The lowest BCUT2D eigenvalue weighted by Crippen LogP contribution is -2.35. The van der Waals surface area contributed by atoms with Crippen molar-refractivity contribution in [1.82, 2.24) is 5.32 Å². The van der Waals surface area contributed by atoms with Gasteiger partial charge in [0.25, 0.3) is 5.69 Å². The third-order valence-corrected chi connectivity index (χ3v) is 2.50. The van der Waals surface area contributed by atoms with Crippen molar-refractivity contribution in [3.05, 3.63) is 28.3 Å². The van der Waals surface area contributed by atoms with E-state index < -0.39 is 16.6 Å². The van der Waals surface area contributed by atoms with Crippen molar-refractivity contribution >= 4 is 17.5 Å². The molecule has 0 saturated heterocycles. The molecule has 0 aliphatic carbocycles. The van der Waals surface area contributed by atoms with Gasteiger partial charge in [-0.3, -0.25) is 10.1 Å². The Morgan fingerprint density at radius 2 is 2.00 bits per heavy atom. The van der Waals surface area contributed by atoms with Crippen molar-refractivity contribution in [3.8, 4) is 5.75 Å². The number of rotatable bonds is 6. The van der Waals surface area contributed by atoms with Gasteiger partial charge in [0.15, 0.2) is 0 Å². The lowest BCUT2D eigenvalue weighted by atomic mass is 10.2. The molecular weight excluding hydrogens is 290 g/mol. The van der Waals surface area contributed by atoms with E-state index in [0.717, 1.165) is 0 Å². The van der Waals surface area contributed by atoms with E-state index in [1.165, 1.54) is 25.3 Å². The number of benzene rings is 1. The molecule has 0 heterocycles. The first-order valence-corrected chi connectivity index (χ1v) is 6.76. The predicted octanol–water partition coefficient (Wildman–Crippen LogP) is 2.54. The molecule has 0 aliphatic rings. The van der Waals surface area contributed by atoms with Gasteiger partial charge in [0.1, 0.15) is 11.4 Å². The third kappa shape index (κ3) is 5.86. The molecule has 1 aromatic carbocycles. The molecule has 0 spiro atoms. The molecule has 0 radical (unpaired) electrons. The van der Waals surface area contributed by atoms with Crippen molar-refractivity contribution < 1.29 is 19.2 Å². The Morgan fingerprint density at radius 3 is 2.55 bits per heavy atom. The van der Waals surface area contributed by atoms with E-state index in [1.54, 1.807) is 20.8 Å². The summed E-state index contributed by atoms with van der Waals surface area (Å²) < 4.78 is 10.2. The zero-order valence-electron chi connectivity index (χ0n) is 13.1. The Morgan fingerprint density at radius 1 is 1.32 bits per heavy atom. The van der Waals surface area contributed by atoms with Crippen LogP contribution in [0.5, 0.6) is 5.75 Å². The van der Waals surface area contributed by atoms with Crippen LogP contribution in [0.25, 0.3) is 0 Å². The Labute approximate surface area is 128 Å². The highest BCUT2D eigenvalue weighted by Gasteiger charge is 2.15. The fourth-order valence-corrected chi connectivity index (χ4v) is 1.62. The number of nitrogens with one attached hydrogen (secondary N) is 2. The number of non-ortho nitro benzene ring substituents is 1. The number of ether oxygens (including phenoxy) is 2. The Balaban J connectivity index is 2.52. The van der Waals surface area contributed by atoms with Crippen LogP contribution in [-0.4, -0.2) is 36.8 Å². The van der Waals surface area contributed by atoms with Crippen molar-refractivity contribution in [1.29, 1.82) is 0 Å². The maximum atomic E-state index is 11.5. The Kier molecular flexibility index (Phi) is 5.97. The van der Waals surface area contributed by atoms with Gasteiger partial charge in [-0.2, -0.15) is 0 Å². The van der Waals surface area contributed by atoms with Gasteiger partial charge in [-0.05, 0) is 26.8 Å². The lowest BCUT2D eigenvalue weighted by Gasteiger charge is -2.19. The Bertz CT molecular complexity index is 540. The third-order valence-electron chi connectivity index (χ3n) is 2.50. The first-order chi connectivity index (χ1) is 10.2. The number of hydrogen-bond donors (Lipinski definition) is 2. The number of alkyl carbamates (subject to hydrolysis) is 1. The SMILES string of the molecule is COc1ccc([N+](=O)[O-])cc1NCCNC(=O)OC(C)(C)C. The number of nitrogens with zero attached hydrogens (tertiary/aromatic N) is 1. The van der Waals surface area contributed by atoms with Gasteiger partial charge in [0.05, 0.1) is 17.7 Å². The van der Waals surface area contributed by atoms with Crippen LogP contribution < -0.4 is 15.4 Å². The fourth-order valence-electron chi connectivity index (χ4n) is 1.62. The summed E-state index contributed by atoms with van der Waals surface area (Å²) in [6.07, 6.45) is -0.514. The highest BCUT2D eigenvalue weighted by atomic mass is 16.6. The van der Waals surface area contributed by atoms with Gasteiger partial charge < -0.3 is 20.1 Å². The number of carbonyl (C=O) groups excluding carboxylic acids is 1. The summed E-state index contributed by atoms with van der Waals surface area (Å²) in [6.45, 7) is 6.01. The maximum Gasteiger partial charge on any atom is 0.407 e. The summed E-state index contributed by atoms with van der Waals surface area (Å²) in [5.41, 5.74) is -0.105. The number of nitro benzene ring substituents is 1. The number of amides is 1. The second-order valence-corrected chi connectivity index (χ2v) is 5.50. The molecule has 0 saturated carbocycles. The summed E-state index contributed by atoms with van der Waals surface area (Å²) in [4.78, 5) is 21.7. The molecule has 0 aliphatic heterocycles. The molecule has 1 amide bonds. The molecule has 8 heteroatoms. The van der Waals surface area contributed by atoms with Gasteiger partial charge in [-0.15, -0.1) is 0 Å². The van der Waals surface area contributed by atoms with E-state index in [9.17, 15) is 14.9 Å². The van der Waals surface area contributed by atoms with Gasteiger partial charge in [0.2, 0.25) is 0 Å². The number of nitro groups is 1. The monoisotopic (exact) mass is 311 g/mol. The minimum Gasteiger partial charge on any atom is -0.495 e. The molecule has 0 bridgehead atoms. The average Bonchev–Trinajstić information content (AvgIpc) is 2.41. The molecule has 2 N–H and O–H groups in total. The molecule has 0 unspecified atom stereocenters. The summed E-state index contributed by atoms with van der Waals surface area (Å²) in [7, 11) is 1.48. The minimum absolute atomic E-state index is 0.0385. The highest BCUT2D eigenvalue weighted by molar-refractivity contribution is 5.67. The second-order valence-electron chi connectivity index (χ2n) is 5.50. The molecule has 0 atom stereocenters. The van der Waals surface area contributed by atoms with E-state index in [0.29, 0.717) is 24.5 Å². The molecular formula is C14H21N3O5. The summed E-state index contributed by atoms with van der Waals surface area (Å²) in [5.74, 6) is 0.489. The van der Waals surface area contributed by atoms with E-state index in [2.05, 4.69) is 10.6 Å². The first kappa shape index (κ1) is 17.5. The minimum atomic E-state index is -0.555. The summed E-state index contributed by atoms with van der Waals surface area (Å²) in [5, 5.41) is 16.3.